The van der Waals surface area contributed by atoms with Crippen LogP contribution in [0, 0.1) is 12.8 Å². The number of anilines is 1. The topological polar surface area (TPSA) is 57.8 Å². The monoisotopic (exact) mass is 451 g/mol. The molecule has 1 aliphatic carbocycles. The van der Waals surface area contributed by atoms with E-state index in [4.69, 9.17) is 0 Å². The average Bonchev–Trinajstić information content (AvgIpc) is 2.78. The van der Waals surface area contributed by atoms with Crippen molar-refractivity contribution < 1.29 is 15.2 Å². The summed E-state index contributed by atoms with van der Waals surface area (Å²) in [4.78, 5) is 5.02. The van der Waals surface area contributed by atoms with E-state index in [1.807, 2.05) is 58.5 Å². The maximum atomic E-state index is 10.8. The van der Waals surface area contributed by atoms with Crippen LogP contribution in [0.5, 0.6) is 11.5 Å². The van der Waals surface area contributed by atoms with Gasteiger partial charge in [0, 0.05) is 43.4 Å². The van der Waals surface area contributed by atoms with Crippen molar-refractivity contribution in [1.82, 2.24) is 0 Å². The Bertz CT molecular complexity index is 948. The predicted molar refractivity (Wildman–Crippen MR) is 139 cm³/mol. The van der Waals surface area contributed by atoms with E-state index in [2.05, 4.69) is 36.4 Å². The molecule has 2 aromatic rings. The molecule has 0 fully saturated rings. The fraction of sp³-hybridized carbons (Fsp3) is 0.483. The molecule has 4 nitrogen and oxygen atoms in total. The molecule has 0 aliphatic heterocycles. The smallest absolute Gasteiger partial charge is 0.169 e. The highest BCUT2D eigenvalue weighted by Gasteiger charge is 2.31. The number of pyridine rings is 1. The molecule has 0 radical (unpaired) electrons. The summed E-state index contributed by atoms with van der Waals surface area (Å²) in [5, 5.41) is 21.5. The highest BCUT2D eigenvalue weighted by molar-refractivity contribution is 5.56. The van der Waals surface area contributed by atoms with Crippen LogP contribution in [0.25, 0.3) is 0 Å². The number of hydrogen-bond acceptors (Lipinski definition) is 3. The van der Waals surface area contributed by atoms with E-state index in [1.54, 1.807) is 0 Å². The number of aromatic amines is 1. The number of benzene rings is 1. The van der Waals surface area contributed by atoms with Gasteiger partial charge >= 0.3 is 0 Å². The number of phenols is 2. The molecule has 1 heterocycles. The van der Waals surface area contributed by atoms with Crippen molar-refractivity contribution in [3.8, 4) is 11.5 Å². The van der Waals surface area contributed by atoms with Crippen LogP contribution in [0.15, 0.2) is 54.4 Å². The maximum Gasteiger partial charge on any atom is 0.169 e. The lowest BCUT2D eigenvalue weighted by Gasteiger charge is -2.32. The molecular weight excluding hydrogens is 408 g/mol. The fourth-order valence-corrected chi connectivity index (χ4v) is 4.56. The normalized spacial score (nSPS) is 17.6. The zero-order chi connectivity index (χ0) is 24.5. The number of aromatic hydroxyl groups is 2. The standard InChI is InChI=1S/C22H32O2.C7H10N2/c1-6-7-8-9-17-13-20(23)21(22(24)16(17)5)19-12-15(4)10-11-18(19)14(2)3;1-9(2)7-3-5-8-6-4-7/h12-13,18-19,23-24H,2,6-11H2,1,3-5H3;3-6H,1-2H3/p+1/t18-,19+;/m0./s1. The fourth-order valence-electron chi connectivity index (χ4n) is 4.56. The van der Waals surface area contributed by atoms with Crippen LogP contribution < -0.4 is 9.88 Å². The molecule has 33 heavy (non-hydrogen) atoms. The SMILES string of the molecule is C=C(C)[C@@H]1CCC(C)=C[C@H]1c1c(O)cc(CCCCC)c(C)c1O.CN(C)c1cc[nH+]cc1. The Kier molecular flexibility index (Phi) is 10.0. The molecular formula is C29H43N2O2+. The van der Waals surface area contributed by atoms with Crippen molar-refractivity contribution >= 4 is 5.69 Å². The molecule has 0 saturated heterocycles. The van der Waals surface area contributed by atoms with Crippen LogP contribution in [-0.4, -0.2) is 24.3 Å². The van der Waals surface area contributed by atoms with Gasteiger partial charge in [0.25, 0.3) is 0 Å². The van der Waals surface area contributed by atoms with Crippen molar-refractivity contribution in [2.45, 2.75) is 72.1 Å². The number of phenolic OH excluding ortho intramolecular Hbond substituents is 2. The van der Waals surface area contributed by atoms with Crippen LogP contribution >= 0.6 is 0 Å². The summed E-state index contributed by atoms with van der Waals surface area (Å²) in [5.41, 5.74) is 6.31. The van der Waals surface area contributed by atoms with E-state index in [-0.39, 0.29) is 23.3 Å². The van der Waals surface area contributed by atoms with Gasteiger partial charge in [-0.15, -0.1) is 0 Å². The molecule has 3 N–H and O–H groups in total. The van der Waals surface area contributed by atoms with Gasteiger partial charge in [-0.2, -0.15) is 0 Å². The third-order valence-electron chi connectivity index (χ3n) is 6.66. The lowest BCUT2D eigenvalue weighted by atomic mass is 9.73. The summed E-state index contributed by atoms with van der Waals surface area (Å²) in [5.74, 6) is 0.783. The van der Waals surface area contributed by atoms with Crippen molar-refractivity contribution in [2.75, 3.05) is 19.0 Å². The number of rotatable bonds is 7. The Labute approximate surface area is 200 Å². The number of allylic oxidation sites excluding steroid dienone is 3. The first-order chi connectivity index (χ1) is 15.7. The van der Waals surface area contributed by atoms with E-state index in [0.29, 0.717) is 5.56 Å². The lowest BCUT2D eigenvalue weighted by Crippen LogP contribution is -2.17. The van der Waals surface area contributed by atoms with Gasteiger partial charge in [-0.1, -0.05) is 43.6 Å². The molecule has 4 heteroatoms. The lowest BCUT2D eigenvalue weighted by molar-refractivity contribution is -0.377. The van der Waals surface area contributed by atoms with E-state index in [0.717, 1.165) is 42.4 Å². The van der Waals surface area contributed by atoms with Gasteiger partial charge in [0.05, 0.1) is 0 Å². The first-order valence-corrected chi connectivity index (χ1v) is 12.2. The Morgan fingerprint density at radius 3 is 2.36 bits per heavy atom. The minimum absolute atomic E-state index is 0.0136. The molecule has 0 spiro atoms. The van der Waals surface area contributed by atoms with Gasteiger partial charge in [-0.25, -0.2) is 4.98 Å². The molecule has 0 saturated carbocycles. The number of aromatic nitrogens is 1. The molecule has 3 rings (SSSR count). The average molecular weight is 452 g/mol. The van der Waals surface area contributed by atoms with Crippen molar-refractivity contribution in [3.63, 3.8) is 0 Å². The Hall–Kier alpha value is -2.75. The van der Waals surface area contributed by atoms with Crippen LogP contribution in [0.3, 0.4) is 0 Å². The van der Waals surface area contributed by atoms with Crippen LogP contribution in [0.4, 0.5) is 5.69 Å². The molecule has 0 amide bonds. The van der Waals surface area contributed by atoms with Crippen LogP contribution in [-0.2, 0) is 6.42 Å². The minimum atomic E-state index is 0.0136. The number of nitrogens with zero attached hydrogens (tertiary/aromatic N) is 1. The molecule has 0 unspecified atom stereocenters. The second-order valence-electron chi connectivity index (χ2n) is 9.58. The van der Waals surface area contributed by atoms with Gasteiger partial charge < -0.3 is 15.1 Å². The van der Waals surface area contributed by atoms with Crippen molar-refractivity contribution in [1.29, 1.82) is 0 Å². The summed E-state index contributed by atoms with van der Waals surface area (Å²) in [6, 6.07) is 5.92. The van der Waals surface area contributed by atoms with Gasteiger partial charge in [0.2, 0.25) is 0 Å². The second-order valence-corrected chi connectivity index (χ2v) is 9.58. The van der Waals surface area contributed by atoms with Gasteiger partial charge in [0.15, 0.2) is 12.4 Å². The first-order valence-electron chi connectivity index (χ1n) is 12.2. The van der Waals surface area contributed by atoms with E-state index < -0.39 is 0 Å². The third-order valence-corrected chi connectivity index (χ3v) is 6.66. The second kappa shape index (κ2) is 12.5. The molecule has 0 bridgehead atoms. The number of nitrogens with one attached hydrogen (secondary N) is 1. The van der Waals surface area contributed by atoms with Gasteiger partial charge in [-0.3, -0.25) is 0 Å². The van der Waals surface area contributed by atoms with Gasteiger partial charge in [-0.05, 0) is 69.6 Å². The summed E-state index contributed by atoms with van der Waals surface area (Å²) in [7, 11) is 4.05. The minimum Gasteiger partial charge on any atom is -0.507 e. The van der Waals surface area contributed by atoms with E-state index in [1.165, 1.54) is 24.1 Å². The number of H-pyrrole nitrogens is 1. The largest absolute Gasteiger partial charge is 0.507 e. The number of aryl methyl sites for hydroxylation is 1. The van der Waals surface area contributed by atoms with Crippen LogP contribution in [0.1, 0.15) is 75.5 Å². The summed E-state index contributed by atoms with van der Waals surface area (Å²) in [6.07, 6.45) is 12.4. The molecule has 1 aromatic heterocycles. The summed E-state index contributed by atoms with van der Waals surface area (Å²) >= 11 is 0. The molecule has 2 atom stereocenters. The Morgan fingerprint density at radius 2 is 1.82 bits per heavy atom. The predicted octanol–water partition coefficient (Wildman–Crippen LogP) is 6.72. The van der Waals surface area contributed by atoms with Gasteiger partial charge in [0.1, 0.15) is 11.5 Å². The molecule has 1 aromatic carbocycles. The highest BCUT2D eigenvalue weighted by atomic mass is 16.3. The zero-order valence-corrected chi connectivity index (χ0v) is 21.4. The van der Waals surface area contributed by atoms with E-state index >= 15 is 0 Å². The number of hydrogen-bond donors (Lipinski definition) is 2. The van der Waals surface area contributed by atoms with Crippen molar-refractivity contribution in [2.24, 2.45) is 5.92 Å². The molecule has 1 aliphatic rings. The third kappa shape index (κ3) is 7.12. The zero-order valence-electron chi connectivity index (χ0n) is 21.4. The number of unbranched alkanes of at least 4 members (excludes halogenated alkanes) is 2. The summed E-state index contributed by atoms with van der Waals surface area (Å²) < 4.78 is 0. The molecule has 180 valence electrons. The Morgan fingerprint density at radius 1 is 1.15 bits per heavy atom. The van der Waals surface area contributed by atoms with E-state index in [9.17, 15) is 10.2 Å². The van der Waals surface area contributed by atoms with Crippen LogP contribution in [0.2, 0.25) is 0 Å². The summed E-state index contributed by atoms with van der Waals surface area (Å²) in [6.45, 7) is 12.5. The van der Waals surface area contributed by atoms with Crippen molar-refractivity contribution in [3.05, 3.63) is 71.1 Å². The maximum absolute atomic E-state index is 10.8. The quantitative estimate of drug-likeness (QED) is 0.363. The highest BCUT2D eigenvalue weighted by Crippen LogP contribution is 2.47. The Balaban J connectivity index is 0.000000357. The first kappa shape index (κ1) is 26.5.